The van der Waals surface area contributed by atoms with Gasteiger partial charge in [0.15, 0.2) is 23.1 Å². The topological polar surface area (TPSA) is 246 Å². The number of rotatable bonds is 10. The van der Waals surface area contributed by atoms with Crippen LogP contribution in [-0.4, -0.2) is 63.0 Å². The Morgan fingerprint density at radius 3 is 1.60 bits per heavy atom. The van der Waals surface area contributed by atoms with E-state index in [1.54, 1.807) is 26.6 Å². The lowest BCUT2D eigenvalue weighted by Gasteiger charge is -2.18. The second kappa shape index (κ2) is 15.3. The summed E-state index contributed by atoms with van der Waals surface area (Å²) in [6.07, 6.45) is 6.35. The molecule has 0 fully saturated rings. The molecule has 5 aromatic rings. The molecule has 3 aromatic heterocycles. The van der Waals surface area contributed by atoms with E-state index in [0.717, 1.165) is 46.9 Å². The van der Waals surface area contributed by atoms with Gasteiger partial charge in [-0.3, -0.25) is 4.99 Å². The molecule has 0 spiro atoms. The lowest BCUT2D eigenvalue weighted by Crippen LogP contribution is -2.20. The van der Waals surface area contributed by atoms with Gasteiger partial charge in [-0.15, -0.1) is 0 Å². The fourth-order valence-corrected chi connectivity index (χ4v) is 5.12. The molecule has 16 nitrogen and oxygen atoms in total. The fraction of sp³-hybridized carbons (Fsp3) is 0.294. The van der Waals surface area contributed by atoms with E-state index in [4.69, 9.17) is 41.9 Å². The van der Waals surface area contributed by atoms with Crippen molar-refractivity contribution in [1.29, 1.82) is 0 Å². The van der Waals surface area contributed by atoms with E-state index < -0.39 is 0 Å². The van der Waals surface area contributed by atoms with Crippen molar-refractivity contribution in [1.82, 2.24) is 35.2 Å². The molecule has 0 radical (unpaired) electrons. The Morgan fingerprint density at radius 2 is 1.18 bits per heavy atom. The number of nitrogens with two attached hydrogens (primary N) is 4. The second-order valence-electron chi connectivity index (χ2n) is 11.7. The van der Waals surface area contributed by atoms with Gasteiger partial charge >= 0.3 is 0 Å². The van der Waals surface area contributed by atoms with Gasteiger partial charge < -0.3 is 52.2 Å². The quantitative estimate of drug-likeness (QED) is 0.115. The van der Waals surface area contributed by atoms with Crippen molar-refractivity contribution >= 4 is 29.4 Å². The number of nitrogens with zero attached hydrogens (tertiary/aromatic N) is 6. The molecule has 50 heavy (non-hydrogen) atoms. The molecule has 262 valence electrons. The minimum Gasteiger partial charge on any atom is -0.496 e. The Morgan fingerprint density at radius 1 is 0.660 bits per heavy atom. The summed E-state index contributed by atoms with van der Waals surface area (Å²) < 4.78 is 23.1. The third kappa shape index (κ3) is 7.86. The molecule has 0 saturated carbocycles. The van der Waals surface area contributed by atoms with Gasteiger partial charge in [-0.1, -0.05) is 27.7 Å². The highest BCUT2D eigenvalue weighted by molar-refractivity contribution is 6.02. The summed E-state index contributed by atoms with van der Waals surface area (Å²) in [4.78, 5) is 27.6. The van der Waals surface area contributed by atoms with Crippen molar-refractivity contribution in [3.8, 4) is 45.9 Å². The van der Waals surface area contributed by atoms with Gasteiger partial charge in [0.25, 0.3) is 0 Å². The summed E-state index contributed by atoms with van der Waals surface area (Å²) in [6.45, 7) is 9.83. The van der Waals surface area contributed by atoms with Crippen LogP contribution in [0, 0.1) is 0 Å². The molecule has 2 aromatic carbocycles. The lowest BCUT2D eigenvalue weighted by molar-refractivity contribution is 0.410. The third-order valence-electron chi connectivity index (χ3n) is 7.63. The molecular weight excluding hydrogens is 640 g/mol. The number of nitrogen functional groups attached to an aromatic ring is 4. The maximum absolute atomic E-state index is 6.01. The number of hydrogen-bond acceptors (Lipinski definition) is 15. The number of imidazole rings is 1. The van der Waals surface area contributed by atoms with Crippen LogP contribution in [0.1, 0.15) is 56.2 Å². The molecule has 1 aliphatic heterocycles. The number of benzene rings is 2. The van der Waals surface area contributed by atoms with Crippen LogP contribution in [0.5, 0.6) is 34.5 Å². The smallest absolute Gasteiger partial charge is 0.222 e. The van der Waals surface area contributed by atoms with Crippen LogP contribution in [-0.2, 0) is 0 Å². The highest BCUT2D eigenvalue weighted by Gasteiger charge is 2.21. The summed E-state index contributed by atoms with van der Waals surface area (Å²) in [5, 5.41) is 3.25. The van der Waals surface area contributed by atoms with Crippen molar-refractivity contribution in [2.75, 3.05) is 50.2 Å². The second-order valence-corrected chi connectivity index (χ2v) is 11.7. The van der Waals surface area contributed by atoms with Crippen LogP contribution in [0.15, 0.2) is 54.0 Å². The Kier molecular flexibility index (Phi) is 10.7. The van der Waals surface area contributed by atoms with E-state index in [0.29, 0.717) is 34.6 Å². The number of methoxy groups -OCH3 is 2. The van der Waals surface area contributed by atoms with Gasteiger partial charge in [0.1, 0.15) is 34.7 Å². The zero-order chi connectivity index (χ0) is 35.9. The van der Waals surface area contributed by atoms with Crippen LogP contribution in [0.4, 0.5) is 23.5 Å². The number of anilines is 4. The number of H-pyrrole nitrogens is 1. The average molecular weight is 683 g/mol. The van der Waals surface area contributed by atoms with E-state index in [2.05, 4.69) is 67.9 Å². The van der Waals surface area contributed by atoms with Gasteiger partial charge in [0.2, 0.25) is 11.9 Å². The van der Waals surface area contributed by atoms with Crippen LogP contribution < -0.4 is 47.2 Å². The summed E-state index contributed by atoms with van der Waals surface area (Å²) in [6, 6.07) is 7.67. The lowest BCUT2D eigenvalue weighted by atomic mass is 9.99. The summed E-state index contributed by atoms with van der Waals surface area (Å²) in [5.74, 6) is 5.88. The van der Waals surface area contributed by atoms with E-state index in [-0.39, 0.29) is 35.4 Å². The zero-order valence-corrected chi connectivity index (χ0v) is 28.8. The Labute approximate surface area is 289 Å². The van der Waals surface area contributed by atoms with Gasteiger partial charge in [0.05, 0.1) is 44.3 Å². The van der Waals surface area contributed by atoms with Crippen LogP contribution >= 0.6 is 0 Å². The molecule has 16 heteroatoms. The number of aliphatic imine (C=N–C) groups is 1. The van der Waals surface area contributed by atoms with Gasteiger partial charge in [0, 0.05) is 30.1 Å². The Balaban J connectivity index is 0.000000194. The molecule has 0 bridgehead atoms. The maximum Gasteiger partial charge on any atom is 0.222 e. The van der Waals surface area contributed by atoms with Crippen molar-refractivity contribution < 1.29 is 18.9 Å². The van der Waals surface area contributed by atoms with Crippen LogP contribution in [0.3, 0.4) is 0 Å². The predicted molar refractivity (Wildman–Crippen MR) is 193 cm³/mol. The van der Waals surface area contributed by atoms with Crippen molar-refractivity contribution in [3.63, 3.8) is 0 Å². The number of amidine groups is 1. The first-order valence-electron chi connectivity index (χ1n) is 15.8. The number of ether oxygens (including phenoxy) is 4. The highest BCUT2D eigenvalue weighted by Crippen LogP contribution is 2.41. The van der Waals surface area contributed by atoms with Crippen LogP contribution in [0.2, 0.25) is 0 Å². The molecule has 0 saturated heterocycles. The van der Waals surface area contributed by atoms with E-state index >= 15 is 0 Å². The molecule has 4 heterocycles. The first-order valence-corrected chi connectivity index (χ1v) is 15.8. The third-order valence-corrected chi connectivity index (χ3v) is 7.63. The largest absolute Gasteiger partial charge is 0.496 e. The highest BCUT2D eigenvalue weighted by atomic mass is 16.5. The van der Waals surface area contributed by atoms with Gasteiger partial charge in [-0.05, 0) is 36.1 Å². The van der Waals surface area contributed by atoms with Crippen molar-refractivity contribution in [2.45, 2.75) is 39.5 Å². The number of aromatic nitrogens is 6. The molecule has 10 N–H and O–H groups in total. The fourth-order valence-electron chi connectivity index (χ4n) is 5.12. The minimum absolute atomic E-state index is 0.0972. The molecular formula is C34H42N12O4. The van der Waals surface area contributed by atoms with E-state index in [1.807, 2.05) is 24.3 Å². The standard InChI is InChI=1S/C17H22N6O2.C17H20N6O2/c2*1-9(2)10-6-12(24-3)11(16-20-4-5-21-16)7-13(10)25-14-8-22-17(19)23-15(14)18/h6-9H,4-5H2,1-3H3,(H,20,21)(H4,18,19,22,23);4-9H,1-3H3,(H,20,21)(H4,18,19,22,23). The van der Waals surface area contributed by atoms with E-state index in [9.17, 15) is 0 Å². The number of aromatic amines is 1. The van der Waals surface area contributed by atoms with E-state index in [1.165, 1.54) is 12.4 Å². The Hall–Kier alpha value is -6.32. The molecule has 0 atom stereocenters. The van der Waals surface area contributed by atoms with Gasteiger partial charge in [-0.25, -0.2) is 15.0 Å². The number of hydrogen-bond donors (Lipinski definition) is 6. The molecule has 0 aliphatic carbocycles. The maximum atomic E-state index is 6.01. The average Bonchev–Trinajstić information content (AvgIpc) is 3.83. The summed E-state index contributed by atoms with van der Waals surface area (Å²) in [5.41, 5.74) is 26.4. The molecule has 0 amide bonds. The Bertz CT molecular complexity index is 1980. The molecule has 6 rings (SSSR count). The molecule has 1 aliphatic rings. The normalized spacial score (nSPS) is 12.2. The van der Waals surface area contributed by atoms with Crippen molar-refractivity contribution in [3.05, 3.63) is 65.7 Å². The molecule has 0 unspecified atom stereocenters. The zero-order valence-electron chi connectivity index (χ0n) is 28.8. The SMILES string of the molecule is COc1cc(C(C)C)c(Oc2cnc(N)nc2N)cc1-c1ncc[nH]1.COc1cc(C(C)C)c(Oc2cnc(N)nc2N)cc1C1=NCCN1. The monoisotopic (exact) mass is 682 g/mol. The number of nitrogens with one attached hydrogen (secondary N) is 2. The van der Waals surface area contributed by atoms with Crippen LogP contribution in [0.25, 0.3) is 11.4 Å². The predicted octanol–water partition coefficient (Wildman–Crippen LogP) is 4.87. The summed E-state index contributed by atoms with van der Waals surface area (Å²) in [7, 11) is 3.27. The van der Waals surface area contributed by atoms with Crippen molar-refractivity contribution in [2.24, 2.45) is 4.99 Å². The summed E-state index contributed by atoms with van der Waals surface area (Å²) >= 11 is 0. The minimum atomic E-state index is 0.0972. The first-order chi connectivity index (χ1) is 24.0. The first kappa shape index (κ1) is 35.0. The van der Waals surface area contributed by atoms with Gasteiger partial charge in [-0.2, -0.15) is 9.97 Å².